The van der Waals surface area contributed by atoms with Crippen molar-refractivity contribution in [1.82, 2.24) is 0 Å². The van der Waals surface area contributed by atoms with Gasteiger partial charge in [0.1, 0.15) is 0 Å². The lowest BCUT2D eigenvalue weighted by Gasteiger charge is -2.13. The number of amides is 1. The normalized spacial score (nSPS) is 11.1. The van der Waals surface area contributed by atoms with Crippen molar-refractivity contribution in [2.24, 2.45) is 0 Å². The molecule has 0 aliphatic carbocycles. The Hall–Kier alpha value is -2.54. The van der Waals surface area contributed by atoms with E-state index in [9.17, 15) is 13.2 Å². The van der Waals surface area contributed by atoms with Gasteiger partial charge in [-0.2, -0.15) is 0 Å². The van der Waals surface area contributed by atoms with Crippen LogP contribution in [0.15, 0.2) is 71.6 Å². The van der Waals surface area contributed by atoms with Gasteiger partial charge in [0.2, 0.25) is 5.91 Å². The van der Waals surface area contributed by atoms with Crippen LogP contribution in [0, 0.1) is 6.92 Å². The molecule has 150 valence electrons. The maximum Gasteiger partial charge on any atom is 0.261 e. The summed E-state index contributed by atoms with van der Waals surface area (Å²) in [6.07, 6.45) is 0.0802. The zero-order valence-corrected chi connectivity index (χ0v) is 17.8. The maximum atomic E-state index is 12.7. The molecule has 0 radical (unpaired) electrons. The van der Waals surface area contributed by atoms with Gasteiger partial charge in [-0.3, -0.25) is 9.52 Å². The van der Waals surface area contributed by atoms with E-state index in [0.29, 0.717) is 27.0 Å². The summed E-state index contributed by atoms with van der Waals surface area (Å²) in [5.41, 5.74) is 2.19. The van der Waals surface area contributed by atoms with Gasteiger partial charge in [0.25, 0.3) is 10.0 Å². The van der Waals surface area contributed by atoms with Crippen molar-refractivity contribution in [2.75, 3.05) is 10.0 Å². The summed E-state index contributed by atoms with van der Waals surface area (Å²) in [7, 11) is -3.85. The summed E-state index contributed by atoms with van der Waals surface area (Å²) in [5.74, 6) is -0.293. The van der Waals surface area contributed by atoms with E-state index in [1.165, 1.54) is 18.2 Å². The highest BCUT2D eigenvalue weighted by Crippen LogP contribution is 2.24. The number of benzene rings is 3. The number of hydrogen-bond donors (Lipinski definition) is 2. The van der Waals surface area contributed by atoms with E-state index in [2.05, 4.69) is 10.0 Å². The van der Waals surface area contributed by atoms with Crippen molar-refractivity contribution >= 4 is 50.5 Å². The monoisotopic (exact) mass is 448 g/mol. The average molecular weight is 449 g/mol. The van der Waals surface area contributed by atoms with Crippen LogP contribution in [0.2, 0.25) is 10.0 Å². The summed E-state index contributed by atoms with van der Waals surface area (Å²) in [4.78, 5) is 12.5. The Morgan fingerprint density at radius 1 is 0.966 bits per heavy atom. The second-order valence-electron chi connectivity index (χ2n) is 6.41. The Morgan fingerprint density at radius 2 is 1.72 bits per heavy atom. The molecule has 0 saturated carbocycles. The standard InChI is InChI=1S/C21H18Cl2N2O3S/c1-14-9-10-18(29(27,28)25-17-7-4-6-16(22)12-17)13-20(14)24-21(26)11-15-5-2-3-8-19(15)23/h2-10,12-13,25H,11H2,1H3,(H,24,26). The first-order valence-electron chi connectivity index (χ1n) is 8.67. The number of carbonyl (C=O) groups is 1. The number of rotatable bonds is 6. The van der Waals surface area contributed by atoms with Crippen LogP contribution in [0.5, 0.6) is 0 Å². The summed E-state index contributed by atoms with van der Waals surface area (Å²) < 4.78 is 27.9. The highest BCUT2D eigenvalue weighted by Gasteiger charge is 2.17. The molecule has 0 fully saturated rings. The van der Waals surface area contributed by atoms with Crippen molar-refractivity contribution in [3.05, 3.63) is 87.9 Å². The summed E-state index contributed by atoms with van der Waals surface area (Å²) in [6.45, 7) is 1.78. The lowest BCUT2D eigenvalue weighted by atomic mass is 10.1. The molecule has 0 heterocycles. The second-order valence-corrected chi connectivity index (χ2v) is 8.93. The van der Waals surface area contributed by atoms with Gasteiger partial charge < -0.3 is 5.32 Å². The Labute approximate surface area is 179 Å². The molecule has 0 aliphatic rings. The van der Waals surface area contributed by atoms with Crippen molar-refractivity contribution in [2.45, 2.75) is 18.2 Å². The number of nitrogens with one attached hydrogen (secondary N) is 2. The van der Waals surface area contributed by atoms with E-state index >= 15 is 0 Å². The van der Waals surface area contributed by atoms with Crippen molar-refractivity contribution < 1.29 is 13.2 Å². The first kappa shape index (κ1) is 21.2. The number of sulfonamides is 1. The Bertz CT molecular complexity index is 1160. The van der Waals surface area contributed by atoms with E-state index < -0.39 is 10.0 Å². The number of anilines is 2. The Morgan fingerprint density at radius 3 is 2.45 bits per heavy atom. The van der Waals surface area contributed by atoms with Gasteiger partial charge in [0, 0.05) is 15.7 Å². The van der Waals surface area contributed by atoms with Crippen LogP contribution in [0.25, 0.3) is 0 Å². The van der Waals surface area contributed by atoms with Crippen molar-refractivity contribution in [3.8, 4) is 0 Å². The molecule has 0 atom stereocenters. The fourth-order valence-corrected chi connectivity index (χ4v) is 4.15. The van der Waals surface area contributed by atoms with E-state index in [-0.39, 0.29) is 17.2 Å². The van der Waals surface area contributed by atoms with Gasteiger partial charge in [0.15, 0.2) is 0 Å². The molecule has 0 aromatic heterocycles. The van der Waals surface area contributed by atoms with E-state index in [1.54, 1.807) is 55.5 Å². The predicted octanol–water partition coefficient (Wildman–Crippen LogP) is 5.28. The summed E-state index contributed by atoms with van der Waals surface area (Å²) in [5, 5.41) is 3.68. The zero-order chi connectivity index (χ0) is 21.0. The molecule has 1 amide bonds. The van der Waals surface area contributed by atoms with Gasteiger partial charge in [-0.25, -0.2) is 8.42 Å². The molecular weight excluding hydrogens is 431 g/mol. The topological polar surface area (TPSA) is 75.3 Å². The first-order valence-corrected chi connectivity index (χ1v) is 10.9. The van der Waals surface area contributed by atoms with Gasteiger partial charge in [-0.05, 0) is 54.4 Å². The highest BCUT2D eigenvalue weighted by molar-refractivity contribution is 7.92. The molecule has 0 aliphatic heterocycles. The summed E-state index contributed by atoms with van der Waals surface area (Å²) >= 11 is 12.0. The number of aryl methyl sites for hydroxylation is 1. The quantitative estimate of drug-likeness (QED) is 0.538. The molecule has 29 heavy (non-hydrogen) atoms. The van der Waals surface area contributed by atoms with Gasteiger partial charge >= 0.3 is 0 Å². The summed E-state index contributed by atoms with van der Waals surface area (Å²) in [6, 6.07) is 18.0. The van der Waals surface area contributed by atoms with E-state index in [1.807, 2.05) is 0 Å². The molecule has 0 unspecified atom stereocenters. The number of carbonyl (C=O) groups excluding carboxylic acids is 1. The maximum absolute atomic E-state index is 12.7. The van der Waals surface area contributed by atoms with Crippen LogP contribution in [0.1, 0.15) is 11.1 Å². The molecule has 8 heteroatoms. The third-order valence-electron chi connectivity index (χ3n) is 4.18. The lowest BCUT2D eigenvalue weighted by molar-refractivity contribution is -0.115. The van der Waals surface area contributed by atoms with Crippen LogP contribution in [-0.2, 0) is 21.2 Å². The van der Waals surface area contributed by atoms with Crippen molar-refractivity contribution in [3.63, 3.8) is 0 Å². The highest BCUT2D eigenvalue weighted by atomic mass is 35.5. The van der Waals surface area contributed by atoms with Crippen LogP contribution >= 0.6 is 23.2 Å². The van der Waals surface area contributed by atoms with Crippen LogP contribution in [0.3, 0.4) is 0 Å². The third-order valence-corrected chi connectivity index (χ3v) is 6.16. The predicted molar refractivity (Wildman–Crippen MR) is 117 cm³/mol. The molecule has 3 rings (SSSR count). The van der Waals surface area contributed by atoms with E-state index in [4.69, 9.17) is 23.2 Å². The van der Waals surface area contributed by atoms with Gasteiger partial charge in [-0.15, -0.1) is 0 Å². The first-order chi connectivity index (χ1) is 13.7. The molecule has 0 bridgehead atoms. The van der Waals surface area contributed by atoms with Crippen LogP contribution in [-0.4, -0.2) is 14.3 Å². The minimum absolute atomic E-state index is 0.0242. The number of halogens is 2. The minimum atomic E-state index is -3.85. The van der Waals surface area contributed by atoms with Crippen LogP contribution < -0.4 is 10.0 Å². The fraction of sp³-hybridized carbons (Fsp3) is 0.0952. The third kappa shape index (κ3) is 5.50. The molecular formula is C21H18Cl2N2O3S. The average Bonchev–Trinajstić information content (AvgIpc) is 2.65. The lowest BCUT2D eigenvalue weighted by Crippen LogP contribution is -2.17. The molecule has 5 nitrogen and oxygen atoms in total. The zero-order valence-electron chi connectivity index (χ0n) is 15.4. The Balaban J connectivity index is 1.80. The van der Waals surface area contributed by atoms with Crippen LogP contribution in [0.4, 0.5) is 11.4 Å². The van der Waals surface area contributed by atoms with Gasteiger partial charge in [-0.1, -0.05) is 53.5 Å². The van der Waals surface area contributed by atoms with E-state index in [0.717, 1.165) is 5.56 Å². The SMILES string of the molecule is Cc1ccc(S(=O)(=O)Nc2cccc(Cl)c2)cc1NC(=O)Cc1ccccc1Cl. The Kier molecular flexibility index (Phi) is 6.47. The molecule has 0 spiro atoms. The minimum Gasteiger partial charge on any atom is -0.326 e. The van der Waals surface area contributed by atoms with Crippen molar-refractivity contribution in [1.29, 1.82) is 0 Å². The largest absolute Gasteiger partial charge is 0.326 e. The smallest absolute Gasteiger partial charge is 0.261 e. The fourth-order valence-electron chi connectivity index (χ4n) is 2.68. The molecule has 3 aromatic carbocycles. The molecule has 0 saturated heterocycles. The molecule has 3 aromatic rings. The molecule has 2 N–H and O–H groups in total. The number of hydrogen-bond acceptors (Lipinski definition) is 3. The second kappa shape index (κ2) is 8.86. The van der Waals surface area contributed by atoms with Gasteiger partial charge in [0.05, 0.1) is 17.0 Å².